The fourth-order valence-corrected chi connectivity index (χ4v) is 2.77. The van der Waals surface area contributed by atoms with Crippen molar-refractivity contribution in [2.75, 3.05) is 0 Å². The van der Waals surface area contributed by atoms with Crippen molar-refractivity contribution in [1.29, 1.82) is 0 Å². The van der Waals surface area contributed by atoms with E-state index in [1.165, 1.54) is 11.3 Å². The van der Waals surface area contributed by atoms with E-state index < -0.39 is 0 Å². The van der Waals surface area contributed by atoms with Gasteiger partial charge in [-0.25, -0.2) is 9.50 Å². The van der Waals surface area contributed by atoms with Gasteiger partial charge in [-0.2, -0.15) is 5.10 Å². The first-order valence-electron chi connectivity index (χ1n) is 5.29. The Bertz CT molecular complexity index is 773. The first kappa shape index (κ1) is 11.4. The third-order valence-corrected chi connectivity index (χ3v) is 3.68. The summed E-state index contributed by atoms with van der Waals surface area (Å²) in [4.78, 5) is 17.1. The minimum absolute atomic E-state index is 0.0670. The predicted octanol–water partition coefficient (Wildman–Crippen LogP) is 1.96. The van der Waals surface area contributed by atoms with Crippen LogP contribution in [0, 0.1) is 6.92 Å². The monoisotopic (exact) mass is 280 g/mol. The second kappa shape index (κ2) is 4.22. The molecule has 3 rings (SSSR count). The molecule has 3 aromatic heterocycles. The van der Waals surface area contributed by atoms with Gasteiger partial charge in [0.2, 0.25) is 0 Å². The first-order valence-corrected chi connectivity index (χ1v) is 6.48. The Balaban J connectivity index is 2.07. The van der Waals surface area contributed by atoms with Crippen LogP contribution in [0.3, 0.4) is 0 Å². The van der Waals surface area contributed by atoms with Gasteiger partial charge in [-0.15, -0.1) is 11.3 Å². The standard InChI is InChI=1S/C11H9ClN4OS/c1-7-4-9-10(17)15(2-3-16(9)14-7)6-8-5-13-11(12)18-8/h2-5H,6H2,1H3. The number of thiazole rings is 1. The highest BCUT2D eigenvalue weighted by molar-refractivity contribution is 7.15. The Hall–Kier alpha value is -1.66. The van der Waals surface area contributed by atoms with Gasteiger partial charge in [0.25, 0.3) is 5.56 Å². The van der Waals surface area contributed by atoms with E-state index in [4.69, 9.17) is 11.6 Å². The zero-order chi connectivity index (χ0) is 12.7. The van der Waals surface area contributed by atoms with Crippen molar-refractivity contribution in [2.45, 2.75) is 13.5 Å². The summed E-state index contributed by atoms with van der Waals surface area (Å²) >= 11 is 7.14. The van der Waals surface area contributed by atoms with Crippen molar-refractivity contribution >= 4 is 28.5 Å². The molecule has 0 atom stereocenters. The van der Waals surface area contributed by atoms with E-state index in [2.05, 4.69) is 10.1 Å². The topological polar surface area (TPSA) is 52.2 Å². The summed E-state index contributed by atoms with van der Waals surface area (Å²) in [6.45, 7) is 2.34. The van der Waals surface area contributed by atoms with Crippen LogP contribution in [0.15, 0.2) is 29.5 Å². The van der Waals surface area contributed by atoms with Crippen molar-refractivity contribution in [1.82, 2.24) is 19.2 Å². The number of halogens is 1. The van der Waals surface area contributed by atoms with E-state index in [0.29, 0.717) is 16.5 Å². The van der Waals surface area contributed by atoms with Crippen molar-refractivity contribution in [3.8, 4) is 0 Å². The van der Waals surface area contributed by atoms with Gasteiger partial charge in [-0.05, 0) is 13.0 Å². The Morgan fingerprint density at radius 2 is 2.28 bits per heavy atom. The predicted molar refractivity (Wildman–Crippen MR) is 70.4 cm³/mol. The SMILES string of the molecule is Cc1cc2c(=O)n(Cc3cnc(Cl)s3)ccn2n1. The van der Waals surface area contributed by atoms with Gasteiger partial charge in [-0.1, -0.05) is 11.6 Å². The molecule has 0 aliphatic heterocycles. The molecule has 92 valence electrons. The second-order valence-electron chi connectivity index (χ2n) is 3.93. The smallest absolute Gasteiger partial charge is 0.276 e. The first-order chi connectivity index (χ1) is 8.63. The molecule has 0 radical (unpaired) electrons. The average molecular weight is 281 g/mol. The number of aryl methyl sites for hydroxylation is 1. The number of aromatic nitrogens is 4. The molecular weight excluding hydrogens is 272 g/mol. The van der Waals surface area contributed by atoms with E-state index in [1.807, 2.05) is 6.92 Å². The lowest BCUT2D eigenvalue weighted by Gasteiger charge is -2.03. The fourth-order valence-electron chi connectivity index (χ4n) is 1.80. The van der Waals surface area contributed by atoms with E-state index in [9.17, 15) is 4.79 Å². The van der Waals surface area contributed by atoms with Crippen LogP contribution in [-0.4, -0.2) is 19.2 Å². The molecule has 0 saturated heterocycles. The van der Waals surface area contributed by atoms with Crippen molar-refractivity contribution in [3.63, 3.8) is 0 Å². The maximum absolute atomic E-state index is 12.2. The van der Waals surface area contributed by atoms with Crippen molar-refractivity contribution < 1.29 is 0 Å². The summed E-state index contributed by atoms with van der Waals surface area (Å²) in [6, 6.07) is 1.78. The van der Waals surface area contributed by atoms with Crippen LogP contribution in [-0.2, 0) is 6.54 Å². The van der Waals surface area contributed by atoms with Crippen molar-refractivity contribution in [3.05, 3.63) is 50.0 Å². The van der Waals surface area contributed by atoms with Gasteiger partial charge in [0, 0.05) is 23.5 Å². The van der Waals surface area contributed by atoms with Gasteiger partial charge in [-0.3, -0.25) is 4.79 Å². The summed E-state index contributed by atoms with van der Waals surface area (Å²) in [7, 11) is 0. The number of hydrogen-bond donors (Lipinski definition) is 0. The molecular formula is C11H9ClN4OS. The summed E-state index contributed by atoms with van der Waals surface area (Å²) in [5, 5.41) is 4.20. The van der Waals surface area contributed by atoms with E-state index >= 15 is 0 Å². The quantitative estimate of drug-likeness (QED) is 0.721. The lowest BCUT2D eigenvalue weighted by Crippen LogP contribution is -2.21. The molecule has 3 aromatic rings. The highest BCUT2D eigenvalue weighted by Crippen LogP contribution is 2.18. The Morgan fingerprint density at radius 3 is 3.00 bits per heavy atom. The minimum Gasteiger partial charge on any atom is -0.307 e. The molecule has 0 aliphatic carbocycles. The largest absolute Gasteiger partial charge is 0.307 e. The van der Waals surface area contributed by atoms with Crippen LogP contribution < -0.4 is 5.56 Å². The molecule has 0 bridgehead atoms. The maximum Gasteiger partial charge on any atom is 0.276 e. The van der Waals surface area contributed by atoms with E-state index in [-0.39, 0.29) is 5.56 Å². The lowest BCUT2D eigenvalue weighted by molar-refractivity contribution is 0.749. The van der Waals surface area contributed by atoms with Crippen LogP contribution >= 0.6 is 22.9 Å². The average Bonchev–Trinajstić information content (AvgIpc) is 2.89. The van der Waals surface area contributed by atoms with E-state index in [1.54, 1.807) is 33.7 Å². The second-order valence-corrected chi connectivity index (χ2v) is 5.62. The summed E-state index contributed by atoms with van der Waals surface area (Å²) in [5.74, 6) is 0. The minimum atomic E-state index is -0.0670. The molecule has 0 saturated carbocycles. The zero-order valence-electron chi connectivity index (χ0n) is 9.50. The zero-order valence-corrected chi connectivity index (χ0v) is 11.1. The van der Waals surface area contributed by atoms with Crippen LogP contribution in [0.2, 0.25) is 4.47 Å². The Labute approximate surface area is 111 Å². The van der Waals surface area contributed by atoms with Gasteiger partial charge < -0.3 is 4.57 Å². The summed E-state index contributed by atoms with van der Waals surface area (Å²) in [6.07, 6.45) is 5.17. The maximum atomic E-state index is 12.2. The number of rotatable bonds is 2. The third-order valence-electron chi connectivity index (χ3n) is 2.58. The van der Waals surface area contributed by atoms with Crippen LogP contribution in [0.5, 0.6) is 0 Å². The molecule has 0 N–H and O–H groups in total. The van der Waals surface area contributed by atoms with Crippen LogP contribution in [0.4, 0.5) is 0 Å². The summed E-state index contributed by atoms with van der Waals surface area (Å²) < 4.78 is 3.70. The van der Waals surface area contributed by atoms with Gasteiger partial charge in [0.1, 0.15) is 5.52 Å². The van der Waals surface area contributed by atoms with Gasteiger partial charge in [0.15, 0.2) is 4.47 Å². The van der Waals surface area contributed by atoms with Gasteiger partial charge in [0.05, 0.1) is 12.2 Å². The Morgan fingerprint density at radius 1 is 1.44 bits per heavy atom. The molecule has 5 nitrogen and oxygen atoms in total. The molecule has 3 heterocycles. The number of hydrogen-bond acceptors (Lipinski definition) is 4. The normalized spacial score (nSPS) is 11.2. The lowest BCUT2D eigenvalue weighted by atomic mass is 10.4. The van der Waals surface area contributed by atoms with Gasteiger partial charge >= 0.3 is 0 Å². The molecule has 0 amide bonds. The molecule has 18 heavy (non-hydrogen) atoms. The summed E-state index contributed by atoms with van der Waals surface area (Å²) in [5.41, 5.74) is 1.33. The molecule has 7 heteroatoms. The molecule has 0 spiro atoms. The molecule has 0 aromatic carbocycles. The third kappa shape index (κ3) is 1.93. The highest BCUT2D eigenvalue weighted by atomic mass is 35.5. The van der Waals surface area contributed by atoms with E-state index in [0.717, 1.165) is 10.6 Å². The van der Waals surface area contributed by atoms with Crippen molar-refractivity contribution in [2.24, 2.45) is 0 Å². The molecule has 0 aliphatic rings. The molecule has 0 unspecified atom stereocenters. The number of nitrogens with zero attached hydrogens (tertiary/aromatic N) is 4. The van der Waals surface area contributed by atoms with Crippen LogP contribution in [0.25, 0.3) is 5.52 Å². The number of fused-ring (bicyclic) bond motifs is 1. The van der Waals surface area contributed by atoms with Crippen LogP contribution in [0.1, 0.15) is 10.6 Å². The fraction of sp³-hybridized carbons (Fsp3) is 0.182. The molecule has 0 fully saturated rings. The Kier molecular flexibility index (Phi) is 2.68. The highest BCUT2D eigenvalue weighted by Gasteiger charge is 2.07.